The molecule has 0 saturated heterocycles. The molecule has 0 spiro atoms. The number of nitrogens with zero attached hydrogens (tertiary/aromatic N) is 2. The summed E-state index contributed by atoms with van der Waals surface area (Å²) in [5.41, 5.74) is 1.72. The van der Waals surface area contributed by atoms with Crippen LogP contribution < -0.4 is 15.4 Å². The molecule has 3 aromatic rings. The first-order valence-corrected chi connectivity index (χ1v) is 12.3. The largest absolute Gasteiger partial charge is 0.493 e. The van der Waals surface area contributed by atoms with Gasteiger partial charge in [0.1, 0.15) is 11.4 Å². The molecule has 0 radical (unpaired) electrons. The molecule has 7 nitrogen and oxygen atoms in total. The SMILES string of the molecule is CC(C)(C)OC(=O)NCc1ccc(C#N)cc1OCCCCNc1nc2ccc(Br)cc2s1. The first kappa shape index (κ1) is 24.8. The van der Waals surface area contributed by atoms with Gasteiger partial charge in [-0.2, -0.15) is 5.26 Å². The van der Waals surface area contributed by atoms with Gasteiger partial charge in [0.05, 0.1) is 28.5 Å². The summed E-state index contributed by atoms with van der Waals surface area (Å²) in [5, 5.41) is 16.2. The molecule has 1 aromatic heterocycles. The van der Waals surface area contributed by atoms with Gasteiger partial charge in [-0.1, -0.05) is 33.3 Å². The van der Waals surface area contributed by atoms with Crippen molar-refractivity contribution in [2.45, 2.75) is 45.8 Å². The Labute approximate surface area is 206 Å². The first-order valence-electron chi connectivity index (χ1n) is 10.7. The Morgan fingerprint density at radius 1 is 1.21 bits per heavy atom. The second-order valence-corrected chi connectivity index (χ2v) is 10.3. The van der Waals surface area contributed by atoms with Gasteiger partial charge in [-0.15, -0.1) is 0 Å². The van der Waals surface area contributed by atoms with Gasteiger partial charge in [0.25, 0.3) is 0 Å². The van der Waals surface area contributed by atoms with Crippen molar-refractivity contribution in [3.8, 4) is 11.8 Å². The highest BCUT2D eigenvalue weighted by Gasteiger charge is 2.16. The molecule has 9 heteroatoms. The number of benzene rings is 2. The number of carbonyl (C=O) groups is 1. The lowest BCUT2D eigenvalue weighted by Gasteiger charge is -2.20. The number of anilines is 1. The van der Waals surface area contributed by atoms with Crippen molar-refractivity contribution in [2.24, 2.45) is 0 Å². The molecular weight excluding hydrogens is 504 g/mol. The molecule has 1 heterocycles. The van der Waals surface area contributed by atoms with Gasteiger partial charge in [0.2, 0.25) is 0 Å². The van der Waals surface area contributed by atoms with Crippen LogP contribution in [-0.2, 0) is 11.3 Å². The maximum Gasteiger partial charge on any atom is 0.407 e. The fraction of sp³-hybridized carbons (Fsp3) is 0.375. The van der Waals surface area contributed by atoms with E-state index in [1.165, 1.54) is 0 Å². The topological polar surface area (TPSA) is 96.3 Å². The fourth-order valence-electron chi connectivity index (χ4n) is 2.96. The van der Waals surface area contributed by atoms with Crippen LogP contribution in [0.4, 0.5) is 9.93 Å². The van der Waals surface area contributed by atoms with Crippen molar-refractivity contribution in [1.82, 2.24) is 10.3 Å². The van der Waals surface area contributed by atoms with Crippen molar-refractivity contribution >= 4 is 48.7 Å². The summed E-state index contributed by atoms with van der Waals surface area (Å²) in [6.07, 6.45) is 1.24. The summed E-state index contributed by atoms with van der Waals surface area (Å²) < 4.78 is 13.4. The molecule has 0 aliphatic carbocycles. The average Bonchev–Trinajstić information content (AvgIpc) is 3.15. The Kier molecular flexibility index (Phi) is 8.53. The summed E-state index contributed by atoms with van der Waals surface area (Å²) in [4.78, 5) is 16.5. The highest BCUT2D eigenvalue weighted by Crippen LogP contribution is 2.28. The number of fused-ring (bicyclic) bond motifs is 1. The number of unbranched alkanes of at least 4 members (excludes halogenated alkanes) is 1. The second-order valence-electron chi connectivity index (χ2n) is 8.40. The second kappa shape index (κ2) is 11.3. The number of thiazole rings is 1. The van der Waals surface area contributed by atoms with Crippen LogP contribution in [0.2, 0.25) is 0 Å². The van der Waals surface area contributed by atoms with Crippen molar-refractivity contribution < 1.29 is 14.3 Å². The molecule has 0 fully saturated rings. The van der Waals surface area contributed by atoms with Crippen LogP contribution in [0.25, 0.3) is 10.2 Å². The van der Waals surface area contributed by atoms with Gasteiger partial charge in [-0.05, 0) is 63.9 Å². The third-order valence-corrected chi connectivity index (χ3v) is 5.94. The molecule has 2 N–H and O–H groups in total. The van der Waals surface area contributed by atoms with E-state index < -0.39 is 11.7 Å². The van der Waals surface area contributed by atoms with E-state index in [4.69, 9.17) is 9.47 Å². The van der Waals surface area contributed by atoms with Gasteiger partial charge >= 0.3 is 6.09 Å². The lowest BCUT2D eigenvalue weighted by Crippen LogP contribution is -2.32. The fourth-order valence-corrected chi connectivity index (χ4v) is 4.41. The Morgan fingerprint density at radius 2 is 2.03 bits per heavy atom. The lowest BCUT2D eigenvalue weighted by atomic mass is 10.1. The van der Waals surface area contributed by atoms with Crippen LogP contribution in [0.1, 0.15) is 44.7 Å². The zero-order valence-electron chi connectivity index (χ0n) is 18.9. The van der Waals surface area contributed by atoms with Crippen molar-refractivity contribution in [3.05, 3.63) is 52.0 Å². The average molecular weight is 531 g/mol. The van der Waals surface area contributed by atoms with E-state index in [2.05, 4.69) is 43.7 Å². The summed E-state index contributed by atoms with van der Waals surface area (Å²) in [6.45, 7) is 6.98. The Morgan fingerprint density at radius 3 is 2.79 bits per heavy atom. The number of aromatic nitrogens is 1. The van der Waals surface area contributed by atoms with Crippen molar-refractivity contribution in [1.29, 1.82) is 5.26 Å². The van der Waals surface area contributed by atoms with Gasteiger partial charge in [0, 0.05) is 23.1 Å². The predicted molar refractivity (Wildman–Crippen MR) is 135 cm³/mol. The number of ether oxygens (including phenoxy) is 2. The number of carbonyl (C=O) groups excluding carboxylic acids is 1. The molecule has 0 bridgehead atoms. The molecule has 0 aliphatic rings. The summed E-state index contributed by atoms with van der Waals surface area (Å²) in [5.74, 6) is 0.592. The molecule has 174 valence electrons. The third kappa shape index (κ3) is 7.91. The van der Waals surface area contributed by atoms with Crippen LogP contribution in [-0.4, -0.2) is 29.8 Å². The smallest absolute Gasteiger partial charge is 0.407 e. The monoisotopic (exact) mass is 530 g/mol. The van der Waals surface area contributed by atoms with Crippen LogP contribution in [0.5, 0.6) is 5.75 Å². The minimum atomic E-state index is -0.565. The van der Waals surface area contributed by atoms with E-state index in [1.54, 1.807) is 29.5 Å². The Balaban J connectivity index is 1.46. The van der Waals surface area contributed by atoms with Gasteiger partial charge in [-0.3, -0.25) is 0 Å². The van der Waals surface area contributed by atoms with Crippen LogP contribution in [0, 0.1) is 11.3 Å². The van der Waals surface area contributed by atoms with Gasteiger partial charge in [-0.25, -0.2) is 9.78 Å². The van der Waals surface area contributed by atoms with Crippen LogP contribution in [0.3, 0.4) is 0 Å². The van der Waals surface area contributed by atoms with Crippen LogP contribution >= 0.6 is 27.3 Å². The standard InChI is InChI=1S/C24H27BrN4O3S/c1-24(2,3)32-23(30)28-15-17-7-6-16(14-26)12-20(17)31-11-5-4-10-27-22-29-19-9-8-18(25)13-21(19)33-22/h6-9,12-13H,4-5,10-11,15H2,1-3H3,(H,27,29)(H,28,30). The zero-order chi connectivity index (χ0) is 23.8. The minimum absolute atomic E-state index is 0.255. The molecule has 0 unspecified atom stereocenters. The van der Waals surface area contributed by atoms with E-state index in [0.29, 0.717) is 17.9 Å². The van der Waals surface area contributed by atoms with Gasteiger partial charge in [0.15, 0.2) is 5.13 Å². The van der Waals surface area contributed by atoms with E-state index in [9.17, 15) is 10.1 Å². The molecule has 0 aliphatic heterocycles. The summed E-state index contributed by atoms with van der Waals surface area (Å²) in [7, 11) is 0. The Hall–Kier alpha value is -2.83. The number of hydrogen-bond donors (Lipinski definition) is 2. The van der Waals surface area contributed by atoms with E-state index >= 15 is 0 Å². The summed E-state index contributed by atoms with van der Waals surface area (Å²) in [6, 6.07) is 13.4. The molecule has 33 heavy (non-hydrogen) atoms. The molecule has 1 amide bonds. The zero-order valence-corrected chi connectivity index (χ0v) is 21.3. The molecule has 0 saturated carbocycles. The van der Waals surface area contributed by atoms with E-state index in [-0.39, 0.29) is 6.54 Å². The maximum absolute atomic E-state index is 11.9. The van der Waals surface area contributed by atoms with Crippen molar-refractivity contribution in [2.75, 3.05) is 18.5 Å². The summed E-state index contributed by atoms with van der Waals surface area (Å²) >= 11 is 5.11. The number of hydrogen-bond acceptors (Lipinski definition) is 7. The Bertz CT molecular complexity index is 1150. The molecular formula is C24H27BrN4O3S. The van der Waals surface area contributed by atoms with Crippen molar-refractivity contribution in [3.63, 3.8) is 0 Å². The number of halogens is 1. The number of nitriles is 1. The van der Waals surface area contributed by atoms with E-state index in [0.717, 1.165) is 44.8 Å². The molecule has 3 rings (SSSR count). The first-order chi connectivity index (χ1) is 15.7. The number of amides is 1. The molecule has 2 aromatic carbocycles. The maximum atomic E-state index is 11.9. The highest BCUT2D eigenvalue weighted by molar-refractivity contribution is 9.10. The normalized spacial score (nSPS) is 11.1. The minimum Gasteiger partial charge on any atom is -0.493 e. The lowest BCUT2D eigenvalue weighted by molar-refractivity contribution is 0.0523. The quantitative estimate of drug-likeness (QED) is 0.318. The third-order valence-electron chi connectivity index (χ3n) is 4.47. The number of nitrogens with one attached hydrogen (secondary N) is 2. The van der Waals surface area contributed by atoms with Crippen LogP contribution in [0.15, 0.2) is 40.9 Å². The predicted octanol–water partition coefficient (Wildman–Crippen LogP) is 6.23. The molecule has 0 atom stereocenters. The number of alkyl carbamates (subject to hydrolysis) is 1. The number of rotatable bonds is 9. The van der Waals surface area contributed by atoms with Gasteiger partial charge < -0.3 is 20.1 Å². The van der Waals surface area contributed by atoms with E-state index in [1.807, 2.05) is 32.9 Å². The highest BCUT2D eigenvalue weighted by atomic mass is 79.9.